The fourth-order valence-corrected chi connectivity index (χ4v) is 1.65. The van der Waals surface area contributed by atoms with Crippen LogP contribution >= 0.6 is 0 Å². The zero-order valence-electron chi connectivity index (χ0n) is 9.47. The molecule has 3 N–H and O–H groups in total. The number of rotatable bonds is 4. The van der Waals surface area contributed by atoms with Crippen molar-refractivity contribution in [3.8, 4) is 5.75 Å². The Labute approximate surface area is 102 Å². The number of hydrogen-bond donors (Lipinski definition) is 2. The highest BCUT2D eigenvalue weighted by molar-refractivity contribution is 5.44. The highest BCUT2D eigenvalue weighted by Gasteiger charge is 2.36. The number of halogens is 4. The van der Waals surface area contributed by atoms with Crippen LogP contribution in [0.2, 0.25) is 0 Å². The molecule has 0 aromatic heterocycles. The fourth-order valence-electron chi connectivity index (χ4n) is 1.65. The molecule has 1 rings (SSSR count). The molecule has 0 bridgehead atoms. The van der Waals surface area contributed by atoms with Crippen molar-refractivity contribution in [1.29, 1.82) is 0 Å². The number of nitrogens with two attached hydrogens (primary N) is 1. The van der Waals surface area contributed by atoms with Crippen molar-refractivity contribution in [2.45, 2.75) is 25.1 Å². The molecule has 18 heavy (non-hydrogen) atoms. The van der Waals surface area contributed by atoms with Crippen molar-refractivity contribution in [2.24, 2.45) is 5.73 Å². The van der Waals surface area contributed by atoms with Gasteiger partial charge >= 0.3 is 6.18 Å². The summed E-state index contributed by atoms with van der Waals surface area (Å²) < 4.78 is 51.3. The lowest BCUT2D eigenvalue weighted by Gasteiger charge is -2.19. The second kappa shape index (κ2) is 5.39. The summed E-state index contributed by atoms with van der Waals surface area (Å²) in [6, 6.07) is 0.0513. The molecule has 0 amide bonds. The Hall–Kier alpha value is -1.56. The van der Waals surface area contributed by atoms with E-state index >= 15 is 0 Å². The Morgan fingerprint density at radius 2 is 2.00 bits per heavy atom. The topological polar surface area (TPSA) is 46.2 Å². The zero-order valence-corrected chi connectivity index (χ0v) is 9.47. The van der Waals surface area contributed by atoms with E-state index in [4.69, 9.17) is 5.73 Å². The molecule has 0 heterocycles. The van der Waals surface area contributed by atoms with Gasteiger partial charge in [0.05, 0.1) is 5.56 Å². The van der Waals surface area contributed by atoms with Crippen LogP contribution < -0.4 is 5.73 Å². The monoisotopic (exact) mass is 263 g/mol. The highest BCUT2D eigenvalue weighted by Crippen LogP contribution is 2.40. The molecule has 1 atom stereocenters. The van der Waals surface area contributed by atoms with E-state index in [0.717, 1.165) is 0 Å². The molecule has 0 fully saturated rings. The SMILES string of the molecule is C=CCC[C@@H](N)c1c(C(F)(F)F)ccc(F)c1O. The second-order valence-electron chi connectivity index (χ2n) is 3.83. The van der Waals surface area contributed by atoms with Gasteiger partial charge in [-0.05, 0) is 25.0 Å². The van der Waals surface area contributed by atoms with Crippen LogP contribution in [0, 0.1) is 5.82 Å². The van der Waals surface area contributed by atoms with Crippen LogP contribution in [0.4, 0.5) is 17.6 Å². The summed E-state index contributed by atoms with van der Waals surface area (Å²) >= 11 is 0. The average Bonchev–Trinajstić information content (AvgIpc) is 2.27. The lowest BCUT2D eigenvalue weighted by molar-refractivity contribution is -0.138. The summed E-state index contributed by atoms with van der Waals surface area (Å²) in [5.41, 5.74) is 3.85. The van der Waals surface area contributed by atoms with Crippen molar-refractivity contribution in [3.05, 3.63) is 41.7 Å². The number of benzene rings is 1. The number of alkyl halides is 3. The Morgan fingerprint density at radius 3 is 2.50 bits per heavy atom. The van der Waals surface area contributed by atoms with E-state index < -0.39 is 34.9 Å². The molecule has 0 radical (unpaired) electrons. The number of phenols is 1. The van der Waals surface area contributed by atoms with Gasteiger partial charge in [0.2, 0.25) is 0 Å². The van der Waals surface area contributed by atoms with E-state index in [9.17, 15) is 22.7 Å². The molecule has 1 aromatic rings. The van der Waals surface area contributed by atoms with Gasteiger partial charge in [0.1, 0.15) is 0 Å². The maximum Gasteiger partial charge on any atom is 0.416 e. The van der Waals surface area contributed by atoms with E-state index in [0.29, 0.717) is 18.6 Å². The van der Waals surface area contributed by atoms with Gasteiger partial charge in [0.25, 0.3) is 0 Å². The summed E-state index contributed by atoms with van der Waals surface area (Å²) in [4.78, 5) is 0. The van der Waals surface area contributed by atoms with Crippen molar-refractivity contribution in [1.82, 2.24) is 0 Å². The lowest BCUT2D eigenvalue weighted by Crippen LogP contribution is -2.18. The largest absolute Gasteiger partial charge is 0.505 e. The van der Waals surface area contributed by atoms with Crippen molar-refractivity contribution in [2.75, 3.05) is 0 Å². The van der Waals surface area contributed by atoms with Crippen LogP contribution in [0.3, 0.4) is 0 Å². The molecule has 2 nitrogen and oxygen atoms in total. The molecule has 0 saturated carbocycles. The van der Waals surface area contributed by atoms with E-state index in [1.54, 1.807) is 0 Å². The first-order valence-electron chi connectivity index (χ1n) is 5.24. The normalized spacial score (nSPS) is 13.4. The van der Waals surface area contributed by atoms with Crippen molar-refractivity contribution >= 4 is 0 Å². The van der Waals surface area contributed by atoms with Gasteiger partial charge in [0.15, 0.2) is 11.6 Å². The van der Waals surface area contributed by atoms with Crippen LogP contribution in [0.15, 0.2) is 24.8 Å². The fraction of sp³-hybridized carbons (Fsp3) is 0.333. The van der Waals surface area contributed by atoms with Crippen LogP contribution in [0.5, 0.6) is 5.75 Å². The van der Waals surface area contributed by atoms with E-state index in [1.165, 1.54) is 6.08 Å². The van der Waals surface area contributed by atoms with Crippen LogP contribution in [-0.2, 0) is 6.18 Å². The summed E-state index contributed by atoms with van der Waals surface area (Å²) in [6.45, 7) is 3.42. The van der Waals surface area contributed by atoms with E-state index in [-0.39, 0.29) is 6.42 Å². The quantitative estimate of drug-likeness (QED) is 0.645. The Kier molecular flexibility index (Phi) is 4.34. The second-order valence-corrected chi connectivity index (χ2v) is 3.83. The minimum Gasteiger partial charge on any atom is -0.505 e. The molecule has 100 valence electrons. The maximum atomic E-state index is 13.1. The average molecular weight is 263 g/mol. The molecule has 0 spiro atoms. The summed E-state index contributed by atoms with van der Waals surface area (Å²) in [5, 5.41) is 9.43. The molecule has 0 aliphatic rings. The molecule has 0 aliphatic heterocycles. The standard InChI is InChI=1S/C12H13F4NO/c1-2-3-4-9(17)10-7(12(14,15)16)5-6-8(13)11(10)18/h2,5-6,9,18H,1,3-4,17H2/t9-/m1/s1. The molecular formula is C12H13F4NO. The lowest BCUT2D eigenvalue weighted by atomic mass is 9.95. The number of hydrogen-bond acceptors (Lipinski definition) is 2. The van der Waals surface area contributed by atoms with Gasteiger partial charge in [-0.25, -0.2) is 4.39 Å². The van der Waals surface area contributed by atoms with Crippen molar-refractivity contribution < 1.29 is 22.7 Å². The van der Waals surface area contributed by atoms with Crippen LogP contribution in [0.25, 0.3) is 0 Å². The van der Waals surface area contributed by atoms with Gasteiger partial charge in [-0.2, -0.15) is 13.2 Å². The Balaban J connectivity index is 3.29. The van der Waals surface area contributed by atoms with Crippen LogP contribution in [0.1, 0.15) is 30.0 Å². The number of allylic oxidation sites excluding steroid dienone is 1. The molecule has 1 aromatic carbocycles. The van der Waals surface area contributed by atoms with E-state index in [2.05, 4.69) is 6.58 Å². The first kappa shape index (κ1) is 14.5. The number of aromatic hydroxyl groups is 1. The molecule has 0 saturated heterocycles. The predicted molar refractivity (Wildman–Crippen MR) is 59.4 cm³/mol. The number of phenolic OH excluding ortho intramolecular Hbond substituents is 1. The maximum absolute atomic E-state index is 13.1. The minimum absolute atomic E-state index is 0.142. The Morgan fingerprint density at radius 1 is 1.39 bits per heavy atom. The molecular weight excluding hydrogens is 250 g/mol. The third-order valence-electron chi connectivity index (χ3n) is 2.53. The highest BCUT2D eigenvalue weighted by atomic mass is 19.4. The minimum atomic E-state index is -4.69. The van der Waals surface area contributed by atoms with Gasteiger partial charge in [0, 0.05) is 11.6 Å². The summed E-state index contributed by atoms with van der Waals surface area (Å²) in [5.74, 6) is -2.16. The molecule has 0 unspecified atom stereocenters. The van der Waals surface area contributed by atoms with Gasteiger partial charge in [-0.15, -0.1) is 6.58 Å². The zero-order chi connectivity index (χ0) is 13.9. The first-order valence-corrected chi connectivity index (χ1v) is 5.24. The first-order chi connectivity index (χ1) is 8.29. The van der Waals surface area contributed by atoms with Gasteiger partial charge < -0.3 is 10.8 Å². The van der Waals surface area contributed by atoms with Gasteiger partial charge in [-0.3, -0.25) is 0 Å². The molecule has 0 aliphatic carbocycles. The van der Waals surface area contributed by atoms with Gasteiger partial charge in [-0.1, -0.05) is 6.08 Å². The smallest absolute Gasteiger partial charge is 0.416 e. The third kappa shape index (κ3) is 3.01. The molecule has 6 heteroatoms. The van der Waals surface area contributed by atoms with Crippen molar-refractivity contribution in [3.63, 3.8) is 0 Å². The van der Waals surface area contributed by atoms with Crippen LogP contribution in [-0.4, -0.2) is 5.11 Å². The summed E-state index contributed by atoms with van der Waals surface area (Å²) in [6.07, 6.45) is -2.69. The Bertz CT molecular complexity index is 442. The predicted octanol–water partition coefficient (Wildman–Crippen LogP) is 3.52. The van der Waals surface area contributed by atoms with E-state index in [1.807, 2.05) is 0 Å². The summed E-state index contributed by atoms with van der Waals surface area (Å²) in [7, 11) is 0. The third-order valence-corrected chi connectivity index (χ3v) is 2.53.